The lowest BCUT2D eigenvalue weighted by molar-refractivity contribution is 0.137. The molecule has 1 N–H and O–H groups in total. The van der Waals surface area contributed by atoms with Crippen molar-refractivity contribution in [3.8, 4) is 11.8 Å². The summed E-state index contributed by atoms with van der Waals surface area (Å²) in [4.78, 5) is 0. The summed E-state index contributed by atoms with van der Waals surface area (Å²) in [6.07, 6.45) is 4.15. The van der Waals surface area contributed by atoms with Crippen LogP contribution in [0.2, 0.25) is 0 Å². The molecule has 0 heterocycles. The summed E-state index contributed by atoms with van der Waals surface area (Å²) in [6, 6.07) is 0. The first kappa shape index (κ1) is 6.38. The Bertz CT molecular complexity index is 173. The Morgan fingerprint density at radius 1 is 1.67 bits per heavy atom. The van der Waals surface area contributed by atoms with Crippen LogP contribution in [0, 0.1) is 11.8 Å². The predicted molar refractivity (Wildman–Crippen MR) is 36.8 cm³/mol. The van der Waals surface area contributed by atoms with Crippen LogP contribution < -0.4 is 0 Å². The van der Waals surface area contributed by atoms with Crippen LogP contribution in [0.4, 0.5) is 0 Å². The normalized spacial score (nSPS) is 32.6. The first-order valence-corrected chi connectivity index (χ1v) is 3.13. The van der Waals surface area contributed by atoms with E-state index >= 15 is 0 Å². The lowest BCUT2D eigenvalue weighted by Crippen LogP contribution is -2.24. The highest BCUT2D eigenvalue weighted by atomic mass is 16.3. The van der Waals surface area contributed by atoms with Crippen molar-refractivity contribution in [3.63, 3.8) is 0 Å². The van der Waals surface area contributed by atoms with E-state index in [1.54, 1.807) is 0 Å². The molecule has 0 bridgehead atoms. The third-order valence-corrected chi connectivity index (χ3v) is 1.50. The van der Waals surface area contributed by atoms with Crippen molar-refractivity contribution in [1.29, 1.82) is 0 Å². The molecular formula is C8H10O. The second kappa shape index (κ2) is 2.24. The van der Waals surface area contributed by atoms with E-state index in [4.69, 9.17) is 0 Å². The Morgan fingerprint density at radius 3 is 2.78 bits per heavy atom. The van der Waals surface area contributed by atoms with E-state index in [0.717, 1.165) is 19.3 Å². The molecule has 9 heavy (non-hydrogen) atoms. The molecular weight excluding hydrogens is 112 g/mol. The van der Waals surface area contributed by atoms with E-state index in [1.807, 2.05) is 0 Å². The van der Waals surface area contributed by atoms with Gasteiger partial charge in [-0.1, -0.05) is 18.4 Å². The Balaban J connectivity index is 2.74. The van der Waals surface area contributed by atoms with Gasteiger partial charge in [0.15, 0.2) is 0 Å². The van der Waals surface area contributed by atoms with E-state index < -0.39 is 5.60 Å². The van der Waals surface area contributed by atoms with Gasteiger partial charge in [-0.3, -0.25) is 0 Å². The minimum atomic E-state index is -0.877. The molecule has 0 saturated heterocycles. The van der Waals surface area contributed by atoms with E-state index in [1.165, 1.54) is 6.08 Å². The third kappa shape index (κ3) is 1.34. The summed E-state index contributed by atoms with van der Waals surface area (Å²) >= 11 is 0. The predicted octanol–water partition coefficient (Wildman–Crippen LogP) is 1.09. The molecule has 0 amide bonds. The summed E-state index contributed by atoms with van der Waals surface area (Å²) in [5.41, 5.74) is -0.877. The summed E-state index contributed by atoms with van der Waals surface area (Å²) in [5.74, 6) is 5.59. The van der Waals surface area contributed by atoms with Gasteiger partial charge in [0.1, 0.15) is 5.60 Å². The average Bonchev–Trinajstić information content (AvgIpc) is 1.90. The number of hydrogen-bond acceptors (Lipinski definition) is 1. The van der Waals surface area contributed by atoms with Crippen LogP contribution in [0.1, 0.15) is 19.3 Å². The third-order valence-electron chi connectivity index (χ3n) is 1.50. The Labute approximate surface area is 55.4 Å². The van der Waals surface area contributed by atoms with Gasteiger partial charge >= 0.3 is 0 Å². The summed E-state index contributed by atoms with van der Waals surface area (Å²) < 4.78 is 0. The van der Waals surface area contributed by atoms with E-state index in [2.05, 4.69) is 18.4 Å². The maximum atomic E-state index is 9.39. The van der Waals surface area contributed by atoms with Gasteiger partial charge in [0.05, 0.1) is 0 Å². The van der Waals surface area contributed by atoms with Gasteiger partial charge in [-0.25, -0.2) is 0 Å². The molecule has 1 heteroatoms. The molecule has 1 atom stereocenters. The summed E-state index contributed by atoms with van der Waals surface area (Å²) in [7, 11) is 0. The van der Waals surface area contributed by atoms with Crippen molar-refractivity contribution >= 4 is 0 Å². The van der Waals surface area contributed by atoms with Crippen LogP contribution in [-0.2, 0) is 0 Å². The molecule has 1 unspecified atom stereocenters. The molecule has 0 spiro atoms. The van der Waals surface area contributed by atoms with Gasteiger partial charge in [-0.05, 0) is 18.9 Å². The van der Waals surface area contributed by atoms with Crippen molar-refractivity contribution in [1.82, 2.24) is 0 Å². The molecule has 0 aromatic rings. The smallest absolute Gasteiger partial charge is 0.143 e. The number of hydrogen-bond donors (Lipinski definition) is 1. The van der Waals surface area contributed by atoms with Gasteiger partial charge < -0.3 is 5.11 Å². The molecule has 1 aliphatic rings. The minimum absolute atomic E-state index is 0.740. The zero-order valence-electron chi connectivity index (χ0n) is 5.35. The fraction of sp³-hybridized carbons (Fsp3) is 0.500. The highest BCUT2D eigenvalue weighted by molar-refractivity contribution is 5.23. The first-order valence-electron chi connectivity index (χ1n) is 3.13. The van der Waals surface area contributed by atoms with Crippen LogP contribution >= 0.6 is 0 Å². The molecule has 48 valence electrons. The molecule has 0 aromatic carbocycles. The van der Waals surface area contributed by atoms with Crippen molar-refractivity contribution in [2.75, 3.05) is 0 Å². The van der Waals surface area contributed by atoms with Crippen LogP contribution in [0.15, 0.2) is 12.7 Å². The fourth-order valence-corrected chi connectivity index (χ4v) is 0.877. The molecule has 1 rings (SSSR count). The number of aliphatic hydroxyl groups is 1. The van der Waals surface area contributed by atoms with Crippen molar-refractivity contribution in [2.45, 2.75) is 24.9 Å². The Hall–Kier alpha value is -0.740. The topological polar surface area (TPSA) is 20.2 Å². The fourth-order valence-electron chi connectivity index (χ4n) is 0.877. The van der Waals surface area contributed by atoms with Crippen LogP contribution in [-0.4, -0.2) is 10.7 Å². The van der Waals surface area contributed by atoms with Crippen molar-refractivity contribution < 1.29 is 5.11 Å². The SMILES string of the molecule is C=CC1(O)C#CCCC1. The molecule has 1 aliphatic carbocycles. The average molecular weight is 122 g/mol. The summed E-state index contributed by atoms with van der Waals surface area (Å²) in [6.45, 7) is 3.50. The van der Waals surface area contributed by atoms with Gasteiger partial charge in [-0.2, -0.15) is 0 Å². The first-order chi connectivity index (χ1) is 4.27. The van der Waals surface area contributed by atoms with Gasteiger partial charge in [0.25, 0.3) is 0 Å². The highest BCUT2D eigenvalue weighted by Gasteiger charge is 2.20. The summed E-state index contributed by atoms with van der Waals surface area (Å²) in [5, 5.41) is 9.39. The molecule has 0 saturated carbocycles. The Morgan fingerprint density at radius 2 is 2.44 bits per heavy atom. The maximum Gasteiger partial charge on any atom is 0.143 e. The number of rotatable bonds is 1. The largest absolute Gasteiger partial charge is 0.374 e. The van der Waals surface area contributed by atoms with E-state index in [9.17, 15) is 5.11 Å². The van der Waals surface area contributed by atoms with E-state index in [0.29, 0.717) is 0 Å². The van der Waals surface area contributed by atoms with Crippen molar-refractivity contribution in [3.05, 3.63) is 12.7 Å². The molecule has 0 aromatic heterocycles. The van der Waals surface area contributed by atoms with Crippen LogP contribution in [0.25, 0.3) is 0 Å². The lowest BCUT2D eigenvalue weighted by atomic mass is 9.94. The van der Waals surface area contributed by atoms with Gasteiger partial charge in [0, 0.05) is 6.42 Å². The van der Waals surface area contributed by atoms with Crippen molar-refractivity contribution in [2.24, 2.45) is 0 Å². The van der Waals surface area contributed by atoms with E-state index in [-0.39, 0.29) is 0 Å². The highest BCUT2D eigenvalue weighted by Crippen LogP contribution is 2.17. The maximum absolute atomic E-state index is 9.39. The molecule has 0 aliphatic heterocycles. The van der Waals surface area contributed by atoms with Gasteiger partial charge in [-0.15, -0.1) is 0 Å². The second-order valence-corrected chi connectivity index (χ2v) is 2.28. The zero-order valence-corrected chi connectivity index (χ0v) is 5.35. The zero-order chi connectivity index (χ0) is 6.74. The quantitative estimate of drug-likeness (QED) is 0.407. The second-order valence-electron chi connectivity index (χ2n) is 2.28. The molecule has 0 fully saturated rings. The monoisotopic (exact) mass is 122 g/mol. The Kier molecular flexibility index (Phi) is 1.59. The molecule has 1 nitrogen and oxygen atoms in total. The molecule has 0 radical (unpaired) electrons. The van der Waals surface area contributed by atoms with Gasteiger partial charge in [0.2, 0.25) is 0 Å². The van der Waals surface area contributed by atoms with Crippen LogP contribution in [0.5, 0.6) is 0 Å². The van der Waals surface area contributed by atoms with Crippen LogP contribution in [0.3, 0.4) is 0 Å². The minimum Gasteiger partial charge on any atom is -0.374 e. The lowest BCUT2D eigenvalue weighted by Gasteiger charge is -2.18. The standard InChI is InChI=1S/C8H10O/c1-2-8(9)6-4-3-5-7-8/h2,9H,1,3-4,6H2.